The van der Waals surface area contributed by atoms with Gasteiger partial charge in [-0.2, -0.15) is 0 Å². The van der Waals surface area contributed by atoms with Crippen molar-refractivity contribution in [3.63, 3.8) is 0 Å². The lowest BCUT2D eigenvalue weighted by molar-refractivity contribution is 0.426. The minimum atomic E-state index is -0.593. The van der Waals surface area contributed by atoms with E-state index in [-0.39, 0.29) is 5.75 Å². The van der Waals surface area contributed by atoms with Crippen molar-refractivity contribution in [2.24, 2.45) is 0 Å². The van der Waals surface area contributed by atoms with Crippen molar-refractivity contribution in [2.75, 3.05) is 0 Å². The van der Waals surface area contributed by atoms with Crippen LogP contribution in [-0.2, 0) is 6.42 Å². The number of benzene rings is 1. The number of hydrogen-bond donors (Lipinski definition) is 1. The van der Waals surface area contributed by atoms with Crippen molar-refractivity contribution in [3.8, 4) is 18.1 Å². The highest BCUT2D eigenvalue weighted by Gasteiger charge is 2.04. The number of hydrogen-bond acceptors (Lipinski definition) is 1. The topological polar surface area (TPSA) is 20.2 Å². The van der Waals surface area contributed by atoms with E-state index in [0.29, 0.717) is 18.4 Å². The zero-order chi connectivity index (χ0) is 8.97. The molecule has 0 fully saturated rings. The lowest BCUT2D eigenvalue weighted by atomic mass is 10.1. The molecule has 1 rings (SSSR count). The van der Waals surface area contributed by atoms with Gasteiger partial charge in [-0.3, -0.25) is 0 Å². The highest BCUT2D eigenvalue weighted by molar-refractivity contribution is 5.33. The molecule has 1 nitrogen and oxygen atoms in total. The van der Waals surface area contributed by atoms with Crippen LogP contribution in [-0.4, -0.2) is 5.11 Å². The fraction of sp³-hybridized carbons (Fsp3) is 0.200. The van der Waals surface area contributed by atoms with E-state index in [0.717, 1.165) is 0 Å². The lowest BCUT2D eigenvalue weighted by Crippen LogP contribution is -1.87. The van der Waals surface area contributed by atoms with Gasteiger partial charge in [0.25, 0.3) is 0 Å². The van der Waals surface area contributed by atoms with E-state index in [1.165, 1.54) is 6.07 Å². The third kappa shape index (κ3) is 1.76. The van der Waals surface area contributed by atoms with Crippen LogP contribution >= 0.6 is 0 Å². The lowest BCUT2D eigenvalue weighted by Gasteiger charge is -2.01. The molecule has 0 radical (unpaired) electrons. The molecule has 0 amide bonds. The number of para-hydroxylation sites is 1. The van der Waals surface area contributed by atoms with Gasteiger partial charge in [-0.15, -0.1) is 12.3 Å². The number of terminal acetylenes is 1. The van der Waals surface area contributed by atoms with E-state index in [9.17, 15) is 9.50 Å². The second kappa shape index (κ2) is 3.77. The predicted octanol–water partition coefficient (Wildman–Crippen LogP) is 2.10. The molecule has 0 saturated heterocycles. The van der Waals surface area contributed by atoms with Crippen molar-refractivity contribution in [2.45, 2.75) is 12.8 Å². The Balaban J connectivity index is 2.86. The molecule has 0 bridgehead atoms. The van der Waals surface area contributed by atoms with Crippen LogP contribution in [0.15, 0.2) is 18.2 Å². The van der Waals surface area contributed by atoms with Gasteiger partial charge in [0, 0.05) is 6.42 Å². The van der Waals surface area contributed by atoms with Crippen LogP contribution in [0.4, 0.5) is 4.39 Å². The highest BCUT2D eigenvalue weighted by atomic mass is 19.1. The number of halogens is 1. The van der Waals surface area contributed by atoms with Gasteiger partial charge in [0.15, 0.2) is 11.6 Å². The maximum Gasteiger partial charge on any atom is 0.165 e. The average molecular weight is 164 g/mol. The molecule has 0 aliphatic rings. The van der Waals surface area contributed by atoms with Crippen molar-refractivity contribution in [1.29, 1.82) is 0 Å². The summed E-state index contributed by atoms with van der Waals surface area (Å²) in [6, 6.07) is 4.44. The maximum atomic E-state index is 12.7. The summed E-state index contributed by atoms with van der Waals surface area (Å²) in [5, 5.41) is 9.18. The Morgan fingerprint density at radius 2 is 2.25 bits per heavy atom. The summed E-state index contributed by atoms with van der Waals surface area (Å²) in [4.78, 5) is 0. The number of aromatic hydroxyl groups is 1. The molecule has 1 aromatic carbocycles. The first-order chi connectivity index (χ1) is 5.75. The average Bonchev–Trinajstić information content (AvgIpc) is 2.08. The molecule has 1 N–H and O–H groups in total. The van der Waals surface area contributed by atoms with Gasteiger partial charge in [0.05, 0.1) is 0 Å². The molecule has 0 aromatic heterocycles. The molecular weight excluding hydrogens is 155 g/mol. The van der Waals surface area contributed by atoms with Gasteiger partial charge in [0.1, 0.15) is 0 Å². The van der Waals surface area contributed by atoms with E-state index in [2.05, 4.69) is 5.92 Å². The molecule has 0 atom stereocenters. The summed E-state index contributed by atoms with van der Waals surface area (Å²) in [7, 11) is 0. The molecule has 2 heteroatoms. The molecule has 0 spiro atoms. The molecule has 0 unspecified atom stereocenters. The predicted molar refractivity (Wildman–Crippen MR) is 45.2 cm³/mol. The number of rotatable bonds is 2. The van der Waals surface area contributed by atoms with Gasteiger partial charge >= 0.3 is 0 Å². The first kappa shape index (κ1) is 8.61. The van der Waals surface area contributed by atoms with Crippen LogP contribution in [0.25, 0.3) is 0 Å². The Morgan fingerprint density at radius 1 is 1.50 bits per heavy atom. The molecule has 0 aliphatic carbocycles. The summed E-state index contributed by atoms with van der Waals surface area (Å²) in [6.45, 7) is 0. The first-order valence-corrected chi connectivity index (χ1v) is 3.65. The second-order valence-electron chi connectivity index (χ2n) is 2.45. The summed E-state index contributed by atoms with van der Waals surface area (Å²) >= 11 is 0. The zero-order valence-corrected chi connectivity index (χ0v) is 6.55. The number of aryl methyl sites for hydroxylation is 1. The van der Waals surface area contributed by atoms with E-state index in [1.807, 2.05) is 0 Å². The minimum Gasteiger partial charge on any atom is -0.505 e. The van der Waals surface area contributed by atoms with Crippen LogP contribution in [0.2, 0.25) is 0 Å². The van der Waals surface area contributed by atoms with E-state index < -0.39 is 5.82 Å². The molecule has 12 heavy (non-hydrogen) atoms. The smallest absolute Gasteiger partial charge is 0.165 e. The quantitative estimate of drug-likeness (QED) is 0.663. The van der Waals surface area contributed by atoms with Crippen molar-refractivity contribution < 1.29 is 9.50 Å². The Hall–Kier alpha value is -1.49. The van der Waals surface area contributed by atoms with Gasteiger partial charge in [-0.1, -0.05) is 12.1 Å². The minimum absolute atomic E-state index is 0.284. The fourth-order valence-corrected chi connectivity index (χ4v) is 0.969. The second-order valence-corrected chi connectivity index (χ2v) is 2.45. The largest absolute Gasteiger partial charge is 0.505 e. The third-order valence-corrected chi connectivity index (χ3v) is 1.61. The Morgan fingerprint density at radius 3 is 2.92 bits per heavy atom. The fourth-order valence-electron chi connectivity index (χ4n) is 0.969. The summed E-state index contributed by atoms with van der Waals surface area (Å²) in [5.41, 5.74) is 0.563. The zero-order valence-electron chi connectivity index (χ0n) is 6.55. The summed E-state index contributed by atoms with van der Waals surface area (Å²) in [5.74, 6) is 1.55. The SMILES string of the molecule is C#CCCc1cccc(F)c1O. The number of phenols is 1. The Kier molecular flexibility index (Phi) is 2.71. The summed E-state index contributed by atoms with van der Waals surface area (Å²) in [6.07, 6.45) is 6.06. The molecular formula is C10H9FO. The monoisotopic (exact) mass is 164 g/mol. The molecule has 0 aliphatic heterocycles. The summed E-state index contributed by atoms with van der Waals surface area (Å²) < 4.78 is 12.7. The molecule has 1 aromatic rings. The van der Waals surface area contributed by atoms with Crippen LogP contribution in [0.5, 0.6) is 5.75 Å². The van der Waals surface area contributed by atoms with E-state index in [1.54, 1.807) is 12.1 Å². The normalized spacial score (nSPS) is 9.33. The van der Waals surface area contributed by atoms with Crippen LogP contribution < -0.4 is 0 Å². The van der Waals surface area contributed by atoms with Crippen LogP contribution in [0.1, 0.15) is 12.0 Å². The standard InChI is InChI=1S/C10H9FO/c1-2-3-5-8-6-4-7-9(11)10(8)12/h1,4,6-7,12H,3,5H2. The van der Waals surface area contributed by atoms with Gasteiger partial charge < -0.3 is 5.11 Å². The maximum absolute atomic E-state index is 12.7. The first-order valence-electron chi connectivity index (χ1n) is 3.65. The van der Waals surface area contributed by atoms with Crippen molar-refractivity contribution in [1.82, 2.24) is 0 Å². The molecule has 62 valence electrons. The van der Waals surface area contributed by atoms with Crippen LogP contribution in [0, 0.1) is 18.2 Å². The molecule has 0 heterocycles. The van der Waals surface area contributed by atoms with Crippen molar-refractivity contribution in [3.05, 3.63) is 29.6 Å². The van der Waals surface area contributed by atoms with E-state index >= 15 is 0 Å². The van der Waals surface area contributed by atoms with Gasteiger partial charge in [0.2, 0.25) is 0 Å². The van der Waals surface area contributed by atoms with Crippen LogP contribution in [0.3, 0.4) is 0 Å². The highest BCUT2D eigenvalue weighted by Crippen LogP contribution is 2.21. The van der Waals surface area contributed by atoms with Gasteiger partial charge in [-0.25, -0.2) is 4.39 Å². The molecule has 0 saturated carbocycles. The van der Waals surface area contributed by atoms with E-state index in [4.69, 9.17) is 6.42 Å². The third-order valence-electron chi connectivity index (χ3n) is 1.61. The van der Waals surface area contributed by atoms with Crippen molar-refractivity contribution >= 4 is 0 Å². The Bertz CT molecular complexity index is 312. The number of phenolic OH excluding ortho intramolecular Hbond substituents is 1. The van der Waals surface area contributed by atoms with Gasteiger partial charge in [-0.05, 0) is 18.1 Å². The Labute approximate surface area is 70.9 Å².